The molecule has 17 heavy (non-hydrogen) atoms. The molecule has 0 aromatic heterocycles. The Bertz CT molecular complexity index is 403. The summed E-state index contributed by atoms with van der Waals surface area (Å²) in [7, 11) is 1.67. The lowest BCUT2D eigenvalue weighted by Crippen LogP contribution is -2.26. The summed E-state index contributed by atoms with van der Waals surface area (Å²) in [5.41, 5.74) is 1.82. The molecule has 0 N–H and O–H groups in total. The molecule has 1 aromatic rings. The number of rotatable bonds is 4. The monoisotopic (exact) mass is 233 g/mol. The molecule has 92 valence electrons. The Hall–Kier alpha value is -1.35. The van der Waals surface area contributed by atoms with Crippen molar-refractivity contribution in [2.45, 2.75) is 32.4 Å². The van der Waals surface area contributed by atoms with Gasteiger partial charge in [-0.25, -0.2) is 0 Å². The smallest absolute Gasteiger partial charge is 0.150 e. The number of likely N-dealkylation sites (tertiary alicyclic amines) is 1. The number of carbonyl (C=O) groups is 1. The lowest BCUT2D eigenvalue weighted by Gasteiger charge is -2.22. The molecule has 1 fully saturated rings. The van der Waals surface area contributed by atoms with Crippen molar-refractivity contribution in [3.8, 4) is 5.75 Å². The van der Waals surface area contributed by atoms with Crippen LogP contribution in [0.4, 0.5) is 0 Å². The minimum absolute atomic E-state index is 0.625. The summed E-state index contributed by atoms with van der Waals surface area (Å²) in [6.45, 7) is 4.25. The highest BCUT2D eigenvalue weighted by molar-refractivity contribution is 5.75. The highest BCUT2D eigenvalue weighted by atomic mass is 16.5. The summed E-state index contributed by atoms with van der Waals surface area (Å²) in [6, 6.07) is 6.22. The van der Waals surface area contributed by atoms with Crippen molar-refractivity contribution in [3.05, 3.63) is 29.3 Å². The van der Waals surface area contributed by atoms with Crippen LogP contribution in [0.3, 0.4) is 0 Å². The number of hydrogen-bond acceptors (Lipinski definition) is 3. The van der Waals surface area contributed by atoms with Crippen LogP contribution in [0.1, 0.15) is 35.7 Å². The van der Waals surface area contributed by atoms with Crippen LogP contribution in [0.15, 0.2) is 18.2 Å². The van der Waals surface area contributed by atoms with Crippen molar-refractivity contribution in [3.63, 3.8) is 0 Å². The predicted octanol–water partition coefficient (Wildman–Crippen LogP) is 2.49. The van der Waals surface area contributed by atoms with Gasteiger partial charge in [0.15, 0.2) is 0 Å². The number of methoxy groups -OCH3 is 1. The van der Waals surface area contributed by atoms with Crippen molar-refractivity contribution in [2.24, 2.45) is 0 Å². The van der Waals surface area contributed by atoms with Crippen molar-refractivity contribution in [2.75, 3.05) is 13.7 Å². The molecule has 1 saturated heterocycles. The first-order valence-corrected chi connectivity index (χ1v) is 6.10. The van der Waals surface area contributed by atoms with E-state index in [0.29, 0.717) is 11.6 Å². The van der Waals surface area contributed by atoms with Gasteiger partial charge in [0.2, 0.25) is 0 Å². The number of aldehydes is 1. The highest BCUT2D eigenvalue weighted by Gasteiger charge is 2.21. The summed E-state index contributed by atoms with van der Waals surface area (Å²) in [5, 5.41) is 0. The summed E-state index contributed by atoms with van der Waals surface area (Å²) >= 11 is 0. The highest BCUT2D eigenvalue weighted by Crippen LogP contribution is 2.25. The van der Waals surface area contributed by atoms with Crippen molar-refractivity contribution >= 4 is 6.29 Å². The third-order valence-corrected chi connectivity index (χ3v) is 3.50. The van der Waals surface area contributed by atoms with E-state index in [4.69, 9.17) is 4.74 Å². The molecule has 0 saturated carbocycles. The van der Waals surface area contributed by atoms with Gasteiger partial charge >= 0.3 is 0 Å². The van der Waals surface area contributed by atoms with Crippen LogP contribution in [0.5, 0.6) is 5.75 Å². The largest absolute Gasteiger partial charge is 0.496 e. The maximum absolute atomic E-state index is 10.8. The molecule has 1 aromatic carbocycles. The lowest BCUT2D eigenvalue weighted by molar-refractivity contribution is 0.112. The average Bonchev–Trinajstić information content (AvgIpc) is 2.75. The molecule has 1 atom stereocenters. The average molecular weight is 233 g/mol. The molecule has 0 amide bonds. The van der Waals surface area contributed by atoms with Gasteiger partial charge in [-0.3, -0.25) is 9.69 Å². The van der Waals surface area contributed by atoms with Crippen molar-refractivity contribution in [1.29, 1.82) is 0 Å². The molecular formula is C14H19NO2. The topological polar surface area (TPSA) is 29.5 Å². The summed E-state index contributed by atoms with van der Waals surface area (Å²) in [4.78, 5) is 13.2. The Labute approximate surface area is 102 Å². The minimum Gasteiger partial charge on any atom is -0.496 e. The molecule has 3 heteroatoms. The van der Waals surface area contributed by atoms with Crippen LogP contribution in [-0.2, 0) is 6.54 Å². The van der Waals surface area contributed by atoms with Gasteiger partial charge in [-0.05, 0) is 44.5 Å². The van der Waals surface area contributed by atoms with Gasteiger partial charge in [0.05, 0.1) is 7.11 Å². The Balaban J connectivity index is 2.20. The number of benzene rings is 1. The zero-order valence-corrected chi connectivity index (χ0v) is 10.5. The van der Waals surface area contributed by atoms with E-state index in [-0.39, 0.29) is 0 Å². The van der Waals surface area contributed by atoms with E-state index in [9.17, 15) is 4.79 Å². The van der Waals surface area contributed by atoms with E-state index in [1.165, 1.54) is 12.8 Å². The summed E-state index contributed by atoms with van der Waals surface area (Å²) in [5.74, 6) is 0.870. The molecule has 1 heterocycles. The lowest BCUT2D eigenvalue weighted by atomic mass is 10.1. The Morgan fingerprint density at radius 2 is 2.35 bits per heavy atom. The molecule has 1 aliphatic heterocycles. The Kier molecular flexibility index (Phi) is 3.79. The van der Waals surface area contributed by atoms with Gasteiger partial charge in [-0.1, -0.05) is 0 Å². The second-order valence-corrected chi connectivity index (χ2v) is 4.65. The second kappa shape index (κ2) is 5.32. The fourth-order valence-electron chi connectivity index (χ4n) is 2.44. The fourth-order valence-corrected chi connectivity index (χ4v) is 2.44. The van der Waals surface area contributed by atoms with Crippen LogP contribution in [0.2, 0.25) is 0 Å². The van der Waals surface area contributed by atoms with Crippen LogP contribution < -0.4 is 4.74 Å². The standard InChI is InChI=1S/C14H19NO2/c1-11-4-3-7-15(11)9-13-8-12(10-16)5-6-14(13)17-2/h5-6,8,10-11H,3-4,7,9H2,1-2H3. The maximum Gasteiger partial charge on any atom is 0.150 e. The third kappa shape index (κ3) is 2.67. The number of nitrogens with zero attached hydrogens (tertiary/aromatic N) is 1. The molecule has 0 radical (unpaired) electrons. The molecule has 2 rings (SSSR count). The van der Waals surface area contributed by atoms with Crippen molar-refractivity contribution < 1.29 is 9.53 Å². The second-order valence-electron chi connectivity index (χ2n) is 4.65. The minimum atomic E-state index is 0.625. The SMILES string of the molecule is COc1ccc(C=O)cc1CN1CCCC1C. The number of ether oxygens (including phenoxy) is 1. The van der Waals surface area contributed by atoms with Gasteiger partial charge in [0.1, 0.15) is 12.0 Å². The molecular weight excluding hydrogens is 214 g/mol. The van der Waals surface area contributed by atoms with E-state index in [0.717, 1.165) is 30.7 Å². The maximum atomic E-state index is 10.8. The summed E-state index contributed by atoms with van der Waals surface area (Å²) in [6.07, 6.45) is 3.41. The van der Waals surface area contributed by atoms with Gasteiger partial charge < -0.3 is 4.74 Å². The van der Waals surface area contributed by atoms with Crippen LogP contribution in [0, 0.1) is 0 Å². The van der Waals surface area contributed by atoms with Crippen LogP contribution >= 0.6 is 0 Å². The molecule has 1 unspecified atom stereocenters. The van der Waals surface area contributed by atoms with Gasteiger partial charge in [-0.15, -0.1) is 0 Å². The van der Waals surface area contributed by atoms with E-state index in [1.807, 2.05) is 12.1 Å². The third-order valence-electron chi connectivity index (χ3n) is 3.50. The summed E-state index contributed by atoms with van der Waals surface area (Å²) < 4.78 is 5.35. The van der Waals surface area contributed by atoms with Crippen LogP contribution in [-0.4, -0.2) is 30.9 Å². The van der Waals surface area contributed by atoms with Crippen molar-refractivity contribution in [1.82, 2.24) is 4.90 Å². The zero-order chi connectivity index (χ0) is 12.3. The van der Waals surface area contributed by atoms with E-state index < -0.39 is 0 Å². The normalized spacial score (nSPS) is 20.5. The van der Waals surface area contributed by atoms with Crippen LogP contribution in [0.25, 0.3) is 0 Å². The predicted molar refractivity (Wildman–Crippen MR) is 67.5 cm³/mol. The molecule has 3 nitrogen and oxygen atoms in total. The number of hydrogen-bond donors (Lipinski definition) is 0. The first-order chi connectivity index (χ1) is 8.24. The van der Waals surface area contributed by atoms with E-state index in [2.05, 4.69) is 11.8 Å². The van der Waals surface area contributed by atoms with Gasteiger partial charge in [0.25, 0.3) is 0 Å². The Morgan fingerprint density at radius 3 is 2.94 bits per heavy atom. The van der Waals surface area contributed by atoms with Gasteiger partial charge in [-0.2, -0.15) is 0 Å². The molecule has 0 bridgehead atoms. The first kappa shape index (κ1) is 12.1. The quantitative estimate of drug-likeness (QED) is 0.748. The van der Waals surface area contributed by atoms with Gasteiger partial charge in [0, 0.05) is 23.7 Å². The zero-order valence-electron chi connectivity index (χ0n) is 10.5. The number of carbonyl (C=O) groups excluding carboxylic acids is 1. The first-order valence-electron chi connectivity index (χ1n) is 6.10. The van der Waals surface area contributed by atoms with E-state index in [1.54, 1.807) is 13.2 Å². The molecule has 1 aliphatic rings. The molecule has 0 spiro atoms. The fraction of sp³-hybridized carbons (Fsp3) is 0.500. The molecule has 0 aliphatic carbocycles. The Morgan fingerprint density at radius 1 is 1.53 bits per heavy atom. The van der Waals surface area contributed by atoms with E-state index >= 15 is 0 Å².